The molecule has 0 fully saturated rings. The monoisotopic (exact) mass is 312 g/mol. The predicted octanol–water partition coefficient (Wildman–Crippen LogP) is 5.22. The van der Waals surface area contributed by atoms with E-state index in [4.69, 9.17) is 16.0 Å². The third kappa shape index (κ3) is 3.31. The van der Waals surface area contributed by atoms with Gasteiger partial charge in [-0.15, -0.1) is 0 Å². The van der Waals surface area contributed by atoms with Crippen LogP contribution in [0.4, 0.5) is 5.69 Å². The van der Waals surface area contributed by atoms with E-state index in [-0.39, 0.29) is 0 Å². The molecule has 0 unspecified atom stereocenters. The van der Waals surface area contributed by atoms with Crippen LogP contribution in [0.5, 0.6) is 0 Å². The van der Waals surface area contributed by atoms with Crippen LogP contribution in [0.25, 0.3) is 11.3 Å². The first-order valence-corrected chi connectivity index (χ1v) is 7.51. The van der Waals surface area contributed by atoms with Crippen LogP contribution in [0.1, 0.15) is 17.0 Å². The molecule has 3 nitrogen and oxygen atoms in total. The summed E-state index contributed by atoms with van der Waals surface area (Å²) in [5, 5.41) is 4.05. The molecule has 2 aromatic carbocycles. The number of anilines is 1. The largest absolute Gasteiger partial charge is 0.439 e. The number of benzene rings is 2. The number of oxazole rings is 1. The standard InChI is InChI=1S/C18H17ClN2O/c1-12-6-7-13(2)16(8-12)20-11-18-21-10-17(22-18)14-4-3-5-15(19)9-14/h3-10,20H,11H2,1-2H3. The maximum Gasteiger partial charge on any atom is 0.214 e. The summed E-state index contributed by atoms with van der Waals surface area (Å²) in [6.45, 7) is 4.70. The van der Waals surface area contributed by atoms with Gasteiger partial charge in [-0.2, -0.15) is 0 Å². The summed E-state index contributed by atoms with van der Waals surface area (Å²) in [6.07, 6.45) is 1.73. The van der Waals surface area contributed by atoms with Gasteiger partial charge in [-0.25, -0.2) is 4.98 Å². The Balaban J connectivity index is 1.73. The van der Waals surface area contributed by atoms with Crippen LogP contribution in [-0.4, -0.2) is 4.98 Å². The topological polar surface area (TPSA) is 38.1 Å². The molecule has 22 heavy (non-hydrogen) atoms. The van der Waals surface area contributed by atoms with E-state index < -0.39 is 0 Å². The number of hydrogen-bond donors (Lipinski definition) is 1. The van der Waals surface area contributed by atoms with Gasteiger partial charge in [0.05, 0.1) is 12.7 Å². The summed E-state index contributed by atoms with van der Waals surface area (Å²) in [5.74, 6) is 1.37. The molecule has 0 saturated heterocycles. The van der Waals surface area contributed by atoms with Gasteiger partial charge >= 0.3 is 0 Å². The number of nitrogens with zero attached hydrogens (tertiary/aromatic N) is 1. The zero-order valence-corrected chi connectivity index (χ0v) is 13.3. The van der Waals surface area contributed by atoms with Crippen molar-refractivity contribution in [1.82, 2.24) is 4.98 Å². The van der Waals surface area contributed by atoms with E-state index in [9.17, 15) is 0 Å². The van der Waals surface area contributed by atoms with Crippen molar-refractivity contribution in [1.29, 1.82) is 0 Å². The minimum absolute atomic E-state index is 0.546. The van der Waals surface area contributed by atoms with Gasteiger partial charge in [-0.3, -0.25) is 0 Å². The Morgan fingerprint density at radius 2 is 2.00 bits per heavy atom. The molecular weight excluding hydrogens is 296 g/mol. The minimum atomic E-state index is 0.546. The number of hydrogen-bond acceptors (Lipinski definition) is 3. The van der Waals surface area contributed by atoms with Crippen molar-refractivity contribution in [2.75, 3.05) is 5.32 Å². The SMILES string of the molecule is Cc1ccc(C)c(NCc2ncc(-c3cccc(Cl)c3)o2)c1. The minimum Gasteiger partial charge on any atom is -0.439 e. The van der Waals surface area contributed by atoms with E-state index in [0.717, 1.165) is 17.0 Å². The Bertz CT molecular complexity index is 795. The zero-order valence-electron chi connectivity index (χ0n) is 12.6. The summed E-state index contributed by atoms with van der Waals surface area (Å²) >= 11 is 6.00. The molecule has 4 heteroatoms. The van der Waals surface area contributed by atoms with Crippen molar-refractivity contribution < 1.29 is 4.42 Å². The first-order valence-electron chi connectivity index (χ1n) is 7.13. The van der Waals surface area contributed by atoms with E-state index in [1.54, 1.807) is 6.20 Å². The second-order valence-corrected chi connectivity index (χ2v) is 5.74. The summed E-state index contributed by atoms with van der Waals surface area (Å²) in [4.78, 5) is 4.32. The summed E-state index contributed by atoms with van der Waals surface area (Å²) < 4.78 is 5.78. The fraction of sp³-hybridized carbons (Fsp3) is 0.167. The second-order valence-electron chi connectivity index (χ2n) is 5.30. The van der Waals surface area contributed by atoms with Crippen LogP contribution in [0.2, 0.25) is 5.02 Å². The van der Waals surface area contributed by atoms with Crippen LogP contribution in [0.15, 0.2) is 53.1 Å². The normalized spacial score (nSPS) is 10.7. The van der Waals surface area contributed by atoms with Gasteiger partial charge < -0.3 is 9.73 Å². The Labute approximate surface area is 135 Å². The molecule has 0 saturated carbocycles. The summed E-state index contributed by atoms with van der Waals surface area (Å²) in [6, 6.07) is 13.9. The van der Waals surface area contributed by atoms with Gasteiger partial charge in [0.15, 0.2) is 5.76 Å². The van der Waals surface area contributed by atoms with Crippen molar-refractivity contribution in [3.05, 3.63) is 70.7 Å². The molecule has 1 N–H and O–H groups in total. The highest BCUT2D eigenvalue weighted by Gasteiger charge is 2.07. The highest BCUT2D eigenvalue weighted by molar-refractivity contribution is 6.30. The van der Waals surface area contributed by atoms with Crippen molar-refractivity contribution in [3.8, 4) is 11.3 Å². The van der Waals surface area contributed by atoms with Crippen molar-refractivity contribution in [2.24, 2.45) is 0 Å². The van der Waals surface area contributed by atoms with E-state index in [2.05, 4.69) is 42.3 Å². The second kappa shape index (κ2) is 6.24. The molecule has 0 spiro atoms. The lowest BCUT2D eigenvalue weighted by atomic mass is 10.1. The highest BCUT2D eigenvalue weighted by atomic mass is 35.5. The Morgan fingerprint density at radius 3 is 2.82 bits per heavy atom. The van der Waals surface area contributed by atoms with Crippen molar-refractivity contribution in [2.45, 2.75) is 20.4 Å². The molecule has 3 aromatic rings. The summed E-state index contributed by atoms with van der Waals surface area (Å²) in [7, 11) is 0. The van der Waals surface area contributed by atoms with E-state index in [1.165, 1.54) is 11.1 Å². The average Bonchev–Trinajstić information content (AvgIpc) is 2.97. The fourth-order valence-corrected chi connectivity index (χ4v) is 2.45. The fourth-order valence-electron chi connectivity index (χ4n) is 2.26. The van der Waals surface area contributed by atoms with Gasteiger partial charge in [-0.1, -0.05) is 35.9 Å². The van der Waals surface area contributed by atoms with Gasteiger partial charge in [-0.05, 0) is 43.2 Å². The maximum atomic E-state index is 6.00. The van der Waals surface area contributed by atoms with Gasteiger partial charge in [0.1, 0.15) is 0 Å². The molecule has 1 aromatic heterocycles. The lowest BCUT2D eigenvalue weighted by Gasteiger charge is -2.08. The summed E-state index contributed by atoms with van der Waals surface area (Å²) in [5.41, 5.74) is 4.45. The molecule has 0 radical (unpaired) electrons. The molecule has 1 heterocycles. The molecule has 0 aliphatic rings. The van der Waals surface area contributed by atoms with Gasteiger partial charge in [0.25, 0.3) is 0 Å². The first-order chi connectivity index (χ1) is 10.6. The number of nitrogens with one attached hydrogen (secondary N) is 1. The molecule has 0 bridgehead atoms. The number of aromatic nitrogens is 1. The first kappa shape index (κ1) is 14.7. The predicted molar refractivity (Wildman–Crippen MR) is 90.2 cm³/mol. The van der Waals surface area contributed by atoms with Crippen molar-refractivity contribution in [3.63, 3.8) is 0 Å². The molecule has 0 aliphatic carbocycles. The highest BCUT2D eigenvalue weighted by Crippen LogP contribution is 2.24. The third-order valence-electron chi connectivity index (χ3n) is 3.49. The third-order valence-corrected chi connectivity index (χ3v) is 3.72. The average molecular weight is 313 g/mol. The van der Waals surface area contributed by atoms with E-state index >= 15 is 0 Å². The quantitative estimate of drug-likeness (QED) is 0.717. The van der Waals surface area contributed by atoms with Gasteiger partial charge in [0.2, 0.25) is 5.89 Å². The molecule has 0 atom stereocenters. The van der Waals surface area contributed by atoms with Crippen molar-refractivity contribution >= 4 is 17.3 Å². The molecule has 0 aliphatic heterocycles. The number of aryl methyl sites for hydroxylation is 2. The lowest BCUT2D eigenvalue weighted by Crippen LogP contribution is -2.01. The van der Waals surface area contributed by atoms with E-state index in [0.29, 0.717) is 17.5 Å². The number of halogens is 1. The van der Waals surface area contributed by atoms with Crippen LogP contribution < -0.4 is 5.32 Å². The maximum absolute atomic E-state index is 6.00. The van der Waals surface area contributed by atoms with Crippen LogP contribution in [0.3, 0.4) is 0 Å². The zero-order chi connectivity index (χ0) is 15.5. The lowest BCUT2D eigenvalue weighted by molar-refractivity contribution is 0.516. The molecule has 0 amide bonds. The molecular formula is C18H17ClN2O. The molecule has 3 rings (SSSR count). The smallest absolute Gasteiger partial charge is 0.214 e. The van der Waals surface area contributed by atoms with Gasteiger partial charge in [0, 0.05) is 16.3 Å². The van der Waals surface area contributed by atoms with Crippen LogP contribution in [0, 0.1) is 13.8 Å². The Morgan fingerprint density at radius 1 is 1.14 bits per heavy atom. The molecule has 112 valence electrons. The number of rotatable bonds is 4. The Hall–Kier alpha value is -2.26. The van der Waals surface area contributed by atoms with Crippen LogP contribution in [-0.2, 0) is 6.54 Å². The van der Waals surface area contributed by atoms with E-state index in [1.807, 2.05) is 24.3 Å². The van der Waals surface area contributed by atoms with Crippen LogP contribution >= 0.6 is 11.6 Å². The Kier molecular flexibility index (Phi) is 4.16.